The molecule has 0 aliphatic rings. The highest BCUT2D eigenvalue weighted by molar-refractivity contribution is 9.11. The fourth-order valence-electron chi connectivity index (χ4n) is 1.77. The predicted molar refractivity (Wildman–Crippen MR) is 95.7 cm³/mol. The highest BCUT2D eigenvalue weighted by Gasteiger charge is 2.11. The van der Waals surface area contributed by atoms with Crippen LogP contribution in [0.1, 0.15) is 18.5 Å². The average molecular weight is 513 g/mol. The zero-order valence-electron chi connectivity index (χ0n) is 10.1. The van der Waals surface area contributed by atoms with Crippen molar-refractivity contribution in [1.29, 1.82) is 0 Å². The van der Waals surface area contributed by atoms with Gasteiger partial charge in [0, 0.05) is 23.9 Å². The van der Waals surface area contributed by atoms with Crippen LogP contribution in [0.5, 0.6) is 0 Å². The molecule has 1 atom stereocenters. The minimum absolute atomic E-state index is 0.202. The van der Waals surface area contributed by atoms with Gasteiger partial charge in [0.15, 0.2) is 0 Å². The van der Waals surface area contributed by atoms with Gasteiger partial charge in [-0.1, -0.05) is 53.9 Å². The summed E-state index contributed by atoms with van der Waals surface area (Å²) in [6.07, 6.45) is 0. The number of rotatable bonds is 3. The maximum absolute atomic E-state index is 3.60. The van der Waals surface area contributed by atoms with Gasteiger partial charge in [-0.3, -0.25) is 0 Å². The van der Waals surface area contributed by atoms with Gasteiger partial charge in [0.2, 0.25) is 0 Å². The van der Waals surface area contributed by atoms with E-state index in [0.717, 1.165) is 23.6 Å². The minimum atomic E-state index is 0.202. The Hall–Kier alpha value is 0.160. The molecule has 19 heavy (non-hydrogen) atoms. The molecule has 1 unspecified atom stereocenters. The molecule has 0 bridgehead atoms. The molecule has 0 heterocycles. The van der Waals surface area contributed by atoms with Crippen LogP contribution in [0.2, 0.25) is 0 Å². The third-order valence-electron chi connectivity index (χ3n) is 2.73. The Morgan fingerprint density at radius 1 is 0.842 bits per heavy atom. The lowest BCUT2D eigenvalue weighted by atomic mass is 10.1. The topological polar surface area (TPSA) is 12.0 Å². The third kappa shape index (κ3) is 4.06. The van der Waals surface area contributed by atoms with Crippen LogP contribution in [0.15, 0.2) is 54.3 Å². The number of hydrogen-bond donors (Lipinski definition) is 1. The summed E-state index contributed by atoms with van der Waals surface area (Å²) in [6, 6.07) is 12.5. The van der Waals surface area contributed by atoms with Crippen molar-refractivity contribution < 1.29 is 0 Å². The smallest absolute Gasteiger partial charge is 0.0500 e. The van der Waals surface area contributed by atoms with Crippen molar-refractivity contribution in [2.75, 3.05) is 5.32 Å². The summed E-state index contributed by atoms with van der Waals surface area (Å²) in [5.74, 6) is 0. The van der Waals surface area contributed by atoms with Gasteiger partial charge in [-0.15, -0.1) is 0 Å². The van der Waals surface area contributed by atoms with Crippen LogP contribution in [0, 0.1) is 0 Å². The minimum Gasteiger partial charge on any atom is -0.378 e. The summed E-state index contributed by atoms with van der Waals surface area (Å²) < 4.78 is 4.27. The lowest BCUT2D eigenvalue weighted by Gasteiger charge is -2.18. The standard InChI is InChI=1S/C14H11Br4N/c1-8(11-4-2-9(15)6-13(11)18)19-14-7-10(16)3-5-12(14)17/h2-8,19H,1H3. The molecule has 2 rings (SSSR count). The highest BCUT2D eigenvalue weighted by atomic mass is 79.9. The Labute approximate surface area is 146 Å². The summed E-state index contributed by atoms with van der Waals surface area (Å²) in [5, 5.41) is 3.51. The van der Waals surface area contributed by atoms with Crippen LogP contribution in [-0.2, 0) is 0 Å². The van der Waals surface area contributed by atoms with Crippen molar-refractivity contribution in [2.45, 2.75) is 13.0 Å². The van der Waals surface area contributed by atoms with E-state index in [-0.39, 0.29) is 6.04 Å². The van der Waals surface area contributed by atoms with Gasteiger partial charge in [0.25, 0.3) is 0 Å². The Kier molecular flexibility index (Phi) is 5.52. The second-order valence-electron chi connectivity index (χ2n) is 4.16. The SMILES string of the molecule is CC(Nc1cc(Br)ccc1Br)c1ccc(Br)cc1Br. The van der Waals surface area contributed by atoms with Crippen LogP contribution >= 0.6 is 63.7 Å². The molecule has 0 amide bonds. The van der Waals surface area contributed by atoms with E-state index in [1.807, 2.05) is 18.2 Å². The van der Waals surface area contributed by atoms with Gasteiger partial charge in [0.05, 0.1) is 5.69 Å². The van der Waals surface area contributed by atoms with Crippen LogP contribution in [-0.4, -0.2) is 0 Å². The van der Waals surface area contributed by atoms with Crippen LogP contribution in [0.25, 0.3) is 0 Å². The van der Waals surface area contributed by atoms with Gasteiger partial charge in [-0.2, -0.15) is 0 Å². The summed E-state index contributed by atoms with van der Waals surface area (Å²) in [4.78, 5) is 0. The molecule has 2 aromatic carbocycles. The normalized spacial score (nSPS) is 12.3. The van der Waals surface area contributed by atoms with Gasteiger partial charge in [0.1, 0.15) is 0 Å². The van der Waals surface area contributed by atoms with Crippen molar-refractivity contribution in [3.63, 3.8) is 0 Å². The van der Waals surface area contributed by atoms with E-state index >= 15 is 0 Å². The van der Waals surface area contributed by atoms with E-state index in [9.17, 15) is 0 Å². The fraction of sp³-hybridized carbons (Fsp3) is 0.143. The number of anilines is 1. The summed E-state index contributed by atoms with van der Waals surface area (Å²) >= 11 is 14.1. The van der Waals surface area contributed by atoms with E-state index < -0.39 is 0 Å². The van der Waals surface area contributed by atoms with Gasteiger partial charge in [-0.05, 0) is 58.7 Å². The first-order valence-corrected chi connectivity index (χ1v) is 8.81. The van der Waals surface area contributed by atoms with Crippen molar-refractivity contribution in [1.82, 2.24) is 0 Å². The largest absolute Gasteiger partial charge is 0.378 e. The molecule has 0 aliphatic heterocycles. The number of nitrogens with one attached hydrogen (secondary N) is 1. The van der Waals surface area contributed by atoms with Gasteiger partial charge < -0.3 is 5.32 Å². The second-order valence-corrected chi connectivity index (χ2v) is 7.70. The molecule has 0 aliphatic carbocycles. The van der Waals surface area contributed by atoms with Crippen molar-refractivity contribution in [2.24, 2.45) is 0 Å². The monoisotopic (exact) mass is 509 g/mol. The van der Waals surface area contributed by atoms with Crippen LogP contribution in [0.3, 0.4) is 0 Å². The fourth-order valence-corrected chi connectivity index (χ4v) is 3.88. The number of benzene rings is 2. The van der Waals surface area contributed by atoms with Crippen LogP contribution < -0.4 is 5.32 Å². The molecule has 1 nitrogen and oxygen atoms in total. The molecule has 0 saturated heterocycles. The molecule has 2 aromatic rings. The Balaban J connectivity index is 2.25. The van der Waals surface area contributed by atoms with Crippen molar-refractivity contribution >= 4 is 69.4 Å². The zero-order chi connectivity index (χ0) is 14.0. The maximum atomic E-state index is 3.60. The summed E-state index contributed by atoms with van der Waals surface area (Å²) in [6.45, 7) is 2.14. The van der Waals surface area contributed by atoms with E-state index in [4.69, 9.17) is 0 Å². The first kappa shape index (κ1) is 15.5. The van der Waals surface area contributed by atoms with E-state index in [2.05, 4.69) is 94.2 Å². The molecule has 100 valence electrons. The zero-order valence-corrected chi connectivity index (χ0v) is 16.4. The molecule has 0 fully saturated rings. The molecule has 0 saturated carbocycles. The number of halogens is 4. The third-order valence-corrected chi connectivity index (χ3v) is 5.09. The van der Waals surface area contributed by atoms with E-state index in [0.29, 0.717) is 0 Å². The second kappa shape index (κ2) is 6.74. The van der Waals surface area contributed by atoms with Crippen molar-refractivity contribution in [3.8, 4) is 0 Å². The van der Waals surface area contributed by atoms with Crippen LogP contribution in [0.4, 0.5) is 5.69 Å². The molecule has 0 spiro atoms. The Morgan fingerprint density at radius 3 is 2.16 bits per heavy atom. The predicted octanol–water partition coefficient (Wildman–Crippen LogP) is 6.91. The molecule has 1 N–H and O–H groups in total. The average Bonchev–Trinajstić information content (AvgIpc) is 2.33. The van der Waals surface area contributed by atoms with Gasteiger partial charge in [-0.25, -0.2) is 0 Å². The van der Waals surface area contributed by atoms with E-state index in [1.165, 1.54) is 5.56 Å². The highest BCUT2D eigenvalue weighted by Crippen LogP contribution is 2.32. The molecule has 0 radical (unpaired) electrons. The van der Waals surface area contributed by atoms with Gasteiger partial charge >= 0.3 is 0 Å². The summed E-state index contributed by atoms with van der Waals surface area (Å²) in [5.41, 5.74) is 2.28. The first-order valence-electron chi connectivity index (χ1n) is 5.64. The quantitative estimate of drug-likeness (QED) is 0.471. The maximum Gasteiger partial charge on any atom is 0.0500 e. The Bertz CT molecular complexity index is 598. The molecule has 5 heteroatoms. The molecular weight excluding hydrogens is 502 g/mol. The lowest BCUT2D eigenvalue weighted by Crippen LogP contribution is -2.07. The Morgan fingerprint density at radius 2 is 1.47 bits per heavy atom. The number of hydrogen-bond acceptors (Lipinski definition) is 1. The first-order chi connectivity index (χ1) is 8.97. The van der Waals surface area contributed by atoms with Crippen molar-refractivity contribution in [3.05, 3.63) is 59.9 Å². The molecule has 0 aromatic heterocycles. The lowest BCUT2D eigenvalue weighted by molar-refractivity contribution is 0.877. The summed E-state index contributed by atoms with van der Waals surface area (Å²) in [7, 11) is 0. The van der Waals surface area contributed by atoms with E-state index in [1.54, 1.807) is 0 Å². The molecular formula is C14H11Br4N.